The van der Waals surface area contributed by atoms with Crippen LogP contribution in [0.25, 0.3) is 0 Å². The van der Waals surface area contributed by atoms with Crippen LogP contribution in [0.5, 0.6) is 0 Å². The molecule has 0 bridgehead atoms. The molecule has 0 saturated carbocycles. The van der Waals surface area contributed by atoms with E-state index in [0.717, 1.165) is 32.4 Å². The van der Waals surface area contributed by atoms with Crippen LogP contribution in [0.15, 0.2) is 0 Å². The summed E-state index contributed by atoms with van der Waals surface area (Å²) in [5, 5.41) is 8.40. The minimum absolute atomic E-state index is 0.804. The highest BCUT2D eigenvalue weighted by Crippen LogP contribution is 2.15. The molecule has 0 radical (unpaired) electrons. The molecule has 0 aromatic carbocycles. The zero-order valence-electron chi connectivity index (χ0n) is 8.58. The third-order valence-electron chi connectivity index (χ3n) is 2.79. The Morgan fingerprint density at radius 3 is 3.00 bits per heavy atom. The summed E-state index contributed by atoms with van der Waals surface area (Å²) in [5.74, 6) is 2.35. The summed E-state index contributed by atoms with van der Waals surface area (Å²) in [7, 11) is 0. The fraction of sp³-hybridized carbons (Fsp3) is 0.800. The second kappa shape index (κ2) is 4.55. The van der Waals surface area contributed by atoms with Crippen LogP contribution >= 0.6 is 0 Å². The number of unbranched alkanes of at least 4 members (excludes halogenated alkanes) is 2. The summed E-state index contributed by atoms with van der Waals surface area (Å²) >= 11 is 0. The van der Waals surface area contributed by atoms with Crippen LogP contribution in [0.3, 0.4) is 0 Å². The second-order valence-electron chi connectivity index (χ2n) is 3.89. The van der Waals surface area contributed by atoms with Crippen molar-refractivity contribution >= 4 is 0 Å². The number of aryl methyl sites for hydroxylation is 2. The predicted molar refractivity (Wildman–Crippen MR) is 55.0 cm³/mol. The van der Waals surface area contributed by atoms with Crippen LogP contribution in [-0.4, -0.2) is 21.3 Å². The van der Waals surface area contributed by atoms with Gasteiger partial charge in [0.25, 0.3) is 0 Å². The molecule has 0 amide bonds. The summed E-state index contributed by atoms with van der Waals surface area (Å²) in [6.45, 7) is 1.92. The van der Waals surface area contributed by atoms with E-state index in [0.29, 0.717) is 0 Å². The van der Waals surface area contributed by atoms with Crippen molar-refractivity contribution in [2.24, 2.45) is 5.73 Å². The van der Waals surface area contributed by atoms with Gasteiger partial charge in [-0.1, -0.05) is 6.42 Å². The maximum absolute atomic E-state index is 5.44. The summed E-state index contributed by atoms with van der Waals surface area (Å²) in [4.78, 5) is 0. The van der Waals surface area contributed by atoms with Gasteiger partial charge in [0, 0.05) is 19.4 Å². The number of hydrogen-bond donors (Lipinski definition) is 1. The zero-order valence-corrected chi connectivity index (χ0v) is 8.58. The fourth-order valence-corrected chi connectivity index (χ4v) is 2.00. The van der Waals surface area contributed by atoms with Crippen molar-refractivity contribution in [2.45, 2.75) is 45.1 Å². The van der Waals surface area contributed by atoms with Gasteiger partial charge in [0.1, 0.15) is 11.6 Å². The van der Waals surface area contributed by atoms with Gasteiger partial charge < -0.3 is 10.3 Å². The summed E-state index contributed by atoms with van der Waals surface area (Å²) < 4.78 is 2.28. The van der Waals surface area contributed by atoms with E-state index in [1.807, 2.05) is 0 Å². The average molecular weight is 194 g/mol. The number of nitrogens with zero attached hydrogens (tertiary/aromatic N) is 3. The molecule has 0 atom stereocenters. The zero-order chi connectivity index (χ0) is 9.80. The van der Waals surface area contributed by atoms with Crippen molar-refractivity contribution in [3.8, 4) is 0 Å². The Bertz CT molecular complexity index is 292. The third kappa shape index (κ3) is 1.95. The molecule has 0 aliphatic carbocycles. The Balaban J connectivity index is 1.84. The van der Waals surface area contributed by atoms with E-state index in [1.165, 1.54) is 30.9 Å². The van der Waals surface area contributed by atoms with Crippen molar-refractivity contribution in [3.63, 3.8) is 0 Å². The van der Waals surface area contributed by atoms with Crippen molar-refractivity contribution in [1.82, 2.24) is 14.8 Å². The summed E-state index contributed by atoms with van der Waals surface area (Å²) in [6.07, 6.45) is 6.93. The van der Waals surface area contributed by atoms with Gasteiger partial charge in [0.05, 0.1) is 0 Å². The van der Waals surface area contributed by atoms with E-state index in [2.05, 4.69) is 14.8 Å². The van der Waals surface area contributed by atoms with Gasteiger partial charge in [-0.05, 0) is 25.8 Å². The smallest absolute Gasteiger partial charge is 0.133 e. The standard InChI is InChI=1S/C10H18N4/c11-7-3-1-2-5-9-12-13-10-6-4-8-14(9)10/h1-8,11H2. The predicted octanol–water partition coefficient (Wildman–Crippen LogP) is 0.896. The number of aromatic nitrogens is 3. The number of hydrogen-bond acceptors (Lipinski definition) is 3. The average Bonchev–Trinajstić information content (AvgIpc) is 2.75. The van der Waals surface area contributed by atoms with E-state index >= 15 is 0 Å². The lowest BCUT2D eigenvalue weighted by Gasteiger charge is -2.01. The molecular weight excluding hydrogens is 176 g/mol. The molecule has 2 heterocycles. The molecule has 14 heavy (non-hydrogen) atoms. The first-order chi connectivity index (χ1) is 6.92. The van der Waals surface area contributed by atoms with Crippen molar-refractivity contribution < 1.29 is 0 Å². The van der Waals surface area contributed by atoms with Gasteiger partial charge in [0.15, 0.2) is 0 Å². The van der Waals surface area contributed by atoms with Crippen LogP contribution < -0.4 is 5.73 Å². The molecule has 4 nitrogen and oxygen atoms in total. The lowest BCUT2D eigenvalue weighted by atomic mass is 10.2. The lowest BCUT2D eigenvalue weighted by Crippen LogP contribution is -2.02. The van der Waals surface area contributed by atoms with E-state index < -0.39 is 0 Å². The minimum atomic E-state index is 0.804. The van der Waals surface area contributed by atoms with Crippen LogP contribution in [0, 0.1) is 0 Å². The van der Waals surface area contributed by atoms with Crippen LogP contribution in [0.1, 0.15) is 37.3 Å². The normalized spacial score (nSPS) is 14.6. The molecule has 0 unspecified atom stereocenters. The highest BCUT2D eigenvalue weighted by Gasteiger charge is 2.16. The Morgan fingerprint density at radius 1 is 1.21 bits per heavy atom. The van der Waals surface area contributed by atoms with E-state index in [-0.39, 0.29) is 0 Å². The molecule has 1 aliphatic heterocycles. The van der Waals surface area contributed by atoms with Crippen molar-refractivity contribution in [3.05, 3.63) is 11.6 Å². The molecule has 4 heteroatoms. The molecule has 0 fully saturated rings. The molecule has 2 N–H and O–H groups in total. The Kier molecular flexibility index (Phi) is 3.14. The topological polar surface area (TPSA) is 56.7 Å². The molecular formula is C10H18N4. The minimum Gasteiger partial charge on any atom is -0.330 e. The molecule has 1 aromatic rings. The third-order valence-corrected chi connectivity index (χ3v) is 2.79. The summed E-state index contributed by atoms with van der Waals surface area (Å²) in [6, 6.07) is 0. The number of fused-ring (bicyclic) bond motifs is 1. The first kappa shape index (κ1) is 9.65. The Labute approximate surface area is 84.5 Å². The Hall–Kier alpha value is -0.900. The van der Waals surface area contributed by atoms with Crippen LogP contribution in [-0.2, 0) is 19.4 Å². The Morgan fingerprint density at radius 2 is 2.14 bits per heavy atom. The first-order valence-corrected chi connectivity index (χ1v) is 5.53. The van der Waals surface area contributed by atoms with Gasteiger partial charge in [-0.2, -0.15) is 0 Å². The quantitative estimate of drug-likeness (QED) is 0.708. The first-order valence-electron chi connectivity index (χ1n) is 5.53. The monoisotopic (exact) mass is 194 g/mol. The van der Waals surface area contributed by atoms with E-state index in [4.69, 9.17) is 5.73 Å². The van der Waals surface area contributed by atoms with E-state index in [1.54, 1.807) is 0 Å². The van der Waals surface area contributed by atoms with Gasteiger partial charge in [-0.3, -0.25) is 0 Å². The number of rotatable bonds is 5. The molecule has 2 rings (SSSR count). The van der Waals surface area contributed by atoms with Crippen molar-refractivity contribution in [2.75, 3.05) is 6.54 Å². The van der Waals surface area contributed by atoms with Crippen molar-refractivity contribution in [1.29, 1.82) is 0 Å². The summed E-state index contributed by atoms with van der Waals surface area (Å²) in [5.41, 5.74) is 5.44. The molecule has 78 valence electrons. The molecule has 0 spiro atoms. The lowest BCUT2D eigenvalue weighted by molar-refractivity contribution is 0.627. The molecule has 1 aliphatic rings. The maximum Gasteiger partial charge on any atom is 0.133 e. The van der Waals surface area contributed by atoms with E-state index in [9.17, 15) is 0 Å². The van der Waals surface area contributed by atoms with Gasteiger partial charge in [0.2, 0.25) is 0 Å². The van der Waals surface area contributed by atoms with Crippen LogP contribution in [0.2, 0.25) is 0 Å². The van der Waals surface area contributed by atoms with Crippen LogP contribution in [0.4, 0.5) is 0 Å². The molecule has 1 aromatic heterocycles. The number of nitrogens with two attached hydrogens (primary N) is 1. The maximum atomic E-state index is 5.44. The van der Waals surface area contributed by atoms with Gasteiger partial charge in [-0.15, -0.1) is 10.2 Å². The fourth-order valence-electron chi connectivity index (χ4n) is 2.00. The van der Waals surface area contributed by atoms with Gasteiger partial charge in [-0.25, -0.2) is 0 Å². The highest BCUT2D eigenvalue weighted by atomic mass is 15.3. The van der Waals surface area contributed by atoms with Gasteiger partial charge >= 0.3 is 0 Å². The SMILES string of the molecule is NCCCCCc1nnc2n1CCC2. The molecule has 0 saturated heterocycles. The highest BCUT2D eigenvalue weighted by molar-refractivity contribution is 5.00. The second-order valence-corrected chi connectivity index (χ2v) is 3.89. The largest absolute Gasteiger partial charge is 0.330 e.